The van der Waals surface area contributed by atoms with Crippen LogP contribution in [0.1, 0.15) is 42.9 Å². The first-order valence-electron chi connectivity index (χ1n) is 11.1. The van der Waals surface area contributed by atoms with Gasteiger partial charge in [0.15, 0.2) is 0 Å². The van der Waals surface area contributed by atoms with Crippen molar-refractivity contribution in [1.82, 2.24) is 14.8 Å². The van der Waals surface area contributed by atoms with E-state index >= 15 is 0 Å². The van der Waals surface area contributed by atoms with Crippen molar-refractivity contribution in [3.63, 3.8) is 0 Å². The molecular formula is C25H23N5O2. The second-order valence-electron chi connectivity index (χ2n) is 8.62. The highest BCUT2D eigenvalue weighted by atomic mass is 16.2. The van der Waals surface area contributed by atoms with Gasteiger partial charge in [0.05, 0.1) is 11.8 Å². The van der Waals surface area contributed by atoms with Crippen LogP contribution >= 0.6 is 0 Å². The van der Waals surface area contributed by atoms with E-state index in [0.29, 0.717) is 5.95 Å². The topological polar surface area (TPSA) is 80.1 Å². The minimum Gasteiger partial charge on any atom is -0.324 e. The monoisotopic (exact) mass is 425 g/mol. The van der Waals surface area contributed by atoms with Crippen LogP contribution in [-0.2, 0) is 9.59 Å². The third-order valence-electron chi connectivity index (χ3n) is 6.72. The molecule has 6 rings (SSSR count). The molecule has 2 aliphatic heterocycles. The Hall–Kier alpha value is -3.74. The number of benzene rings is 2. The maximum atomic E-state index is 13.1. The van der Waals surface area contributed by atoms with Gasteiger partial charge in [-0.1, -0.05) is 73.5 Å². The zero-order chi connectivity index (χ0) is 21.7. The van der Waals surface area contributed by atoms with E-state index in [2.05, 4.69) is 21.5 Å². The molecule has 2 amide bonds. The Balaban J connectivity index is 1.42. The molecule has 1 aromatic heterocycles. The zero-order valence-corrected chi connectivity index (χ0v) is 17.5. The number of amides is 2. The zero-order valence-electron chi connectivity index (χ0n) is 17.5. The van der Waals surface area contributed by atoms with Crippen LogP contribution in [0.5, 0.6) is 0 Å². The summed E-state index contributed by atoms with van der Waals surface area (Å²) < 4.78 is 1.76. The number of fused-ring (bicyclic) bond motifs is 2. The van der Waals surface area contributed by atoms with Gasteiger partial charge in [0, 0.05) is 5.70 Å². The van der Waals surface area contributed by atoms with E-state index in [9.17, 15) is 9.59 Å². The molecule has 32 heavy (non-hydrogen) atoms. The third-order valence-corrected chi connectivity index (χ3v) is 6.72. The molecule has 3 atom stereocenters. The molecule has 7 nitrogen and oxygen atoms in total. The molecule has 160 valence electrons. The lowest BCUT2D eigenvalue weighted by Crippen LogP contribution is -2.32. The maximum Gasteiger partial charge on any atom is 0.260 e. The molecule has 0 radical (unpaired) electrons. The summed E-state index contributed by atoms with van der Waals surface area (Å²) in [7, 11) is 0. The van der Waals surface area contributed by atoms with E-state index in [-0.39, 0.29) is 35.6 Å². The fourth-order valence-electron chi connectivity index (χ4n) is 5.11. The predicted molar refractivity (Wildman–Crippen MR) is 121 cm³/mol. The molecule has 1 N–H and O–H groups in total. The predicted octanol–water partition coefficient (Wildman–Crippen LogP) is 4.01. The molecule has 2 aromatic carbocycles. The molecule has 1 aliphatic carbocycles. The van der Waals surface area contributed by atoms with Crippen molar-refractivity contribution in [2.75, 3.05) is 10.2 Å². The maximum absolute atomic E-state index is 13.1. The normalized spacial score (nSPS) is 24.6. The minimum atomic E-state index is -0.229. The highest BCUT2D eigenvalue weighted by Crippen LogP contribution is 2.40. The van der Waals surface area contributed by atoms with Gasteiger partial charge in [-0.15, -0.1) is 5.10 Å². The molecule has 0 spiro atoms. The molecule has 3 heterocycles. The van der Waals surface area contributed by atoms with Crippen molar-refractivity contribution in [3.05, 3.63) is 77.9 Å². The summed E-state index contributed by atoms with van der Waals surface area (Å²) in [6, 6.07) is 19.9. The van der Waals surface area contributed by atoms with E-state index < -0.39 is 0 Å². The Morgan fingerprint density at radius 3 is 2.12 bits per heavy atom. The van der Waals surface area contributed by atoms with E-state index in [1.165, 1.54) is 4.90 Å². The molecule has 7 heteroatoms. The number of imide groups is 1. The van der Waals surface area contributed by atoms with Crippen LogP contribution in [0.4, 0.5) is 11.9 Å². The summed E-state index contributed by atoms with van der Waals surface area (Å²) in [5.41, 5.74) is 3.00. The highest BCUT2D eigenvalue weighted by Gasteiger charge is 2.50. The van der Waals surface area contributed by atoms with Crippen LogP contribution in [0.3, 0.4) is 0 Å². The molecule has 0 bridgehead atoms. The van der Waals surface area contributed by atoms with E-state index in [1.807, 2.05) is 60.7 Å². The summed E-state index contributed by atoms with van der Waals surface area (Å²) in [6.07, 6.45) is 5.61. The number of anilines is 2. The fraction of sp³-hybridized carbons (Fsp3) is 0.280. The van der Waals surface area contributed by atoms with Gasteiger partial charge in [0.2, 0.25) is 17.8 Å². The Bertz CT molecular complexity index is 1190. The largest absolute Gasteiger partial charge is 0.324 e. The average molecular weight is 425 g/mol. The molecule has 0 unspecified atom stereocenters. The van der Waals surface area contributed by atoms with Crippen molar-refractivity contribution in [1.29, 1.82) is 0 Å². The first kappa shape index (κ1) is 19.0. The van der Waals surface area contributed by atoms with Gasteiger partial charge in [-0.3, -0.25) is 9.59 Å². The number of rotatable bonds is 3. The van der Waals surface area contributed by atoms with E-state index in [1.54, 1.807) is 4.68 Å². The molecule has 3 aromatic rings. The first-order chi connectivity index (χ1) is 15.7. The number of carbonyl (C=O) groups excluding carboxylic acids is 2. The van der Waals surface area contributed by atoms with Gasteiger partial charge in [0.25, 0.3) is 5.95 Å². The molecule has 1 saturated heterocycles. The van der Waals surface area contributed by atoms with Crippen LogP contribution in [0, 0.1) is 11.8 Å². The van der Waals surface area contributed by atoms with E-state index in [0.717, 1.165) is 42.5 Å². The number of nitrogens with zero attached hydrogens (tertiary/aromatic N) is 4. The fourth-order valence-corrected chi connectivity index (χ4v) is 5.11. The molecule has 2 fully saturated rings. The standard InChI is InChI=1S/C25H23N5O2/c31-22-18-13-7-8-14-19(18)23(32)29(22)25-27-24-26-20(16-9-3-1-4-10-16)15-21(30(24)28-25)17-11-5-2-6-12-17/h1-6,9-12,15,18-19,21H,7-8,13-14H2,(H,26,27,28)/t18-,19-,21+/m1/s1. The molecule has 1 saturated carbocycles. The Morgan fingerprint density at radius 2 is 1.47 bits per heavy atom. The summed E-state index contributed by atoms with van der Waals surface area (Å²) >= 11 is 0. The van der Waals surface area contributed by atoms with Gasteiger partial charge in [-0.25, -0.2) is 9.58 Å². The van der Waals surface area contributed by atoms with Crippen LogP contribution in [0.2, 0.25) is 0 Å². The lowest BCUT2D eigenvalue weighted by molar-refractivity contribution is -0.122. The Morgan fingerprint density at radius 1 is 0.844 bits per heavy atom. The van der Waals surface area contributed by atoms with Gasteiger partial charge in [0.1, 0.15) is 6.04 Å². The van der Waals surface area contributed by atoms with E-state index in [4.69, 9.17) is 0 Å². The van der Waals surface area contributed by atoms with Gasteiger partial charge in [-0.05, 0) is 30.0 Å². The van der Waals surface area contributed by atoms with Crippen LogP contribution in [0.15, 0.2) is 66.7 Å². The third kappa shape index (κ3) is 2.96. The summed E-state index contributed by atoms with van der Waals surface area (Å²) in [5.74, 6) is -0.0863. The SMILES string of the molecule is O=C1[C@@H]2CCCC[C@H]2C(=O)N1c1nc2n(n1)[C@H](c1ccccc1)C=C(c1ccccc1)N2. The van der Waals surface area contributed by atoms with Gasteiger partial charge >= 0.3 is 0 Å². The Kier molecular flexibility index (Phi) is 4.41. The number of nitrogens with one attached hydrogen (secondary N) is 1. The van der Waals surface area contributed by atoms with Crippen molar-refractivity contribution < 1.29 is 9.59 Å². The lowest BCUT2D eigenvalue weighted by atomic mass is 9.81. The number of hydrogen-bond acceptors (Lipinski definition) is 5. The molecular weight excluding hydrogens is 402 g/mol. The second kappa shape index (κ2) is 7.44. The van der Waals surface area contributed by atoms with Crippen LogP contribution < -0.4 is 10.2 Å². The second-order valence-corrected chi connectivity index (χ2v) is 8.62. The number of hydrogen-bond donors (Lipinski definition) is 1. The summed E-state index contributed by atoms with van der Waals surface area (Å²) in [6.45, 7) is 0. The number of carbonyl (C=O) groups is 2. The molecule has 3 aliphatic rings. The minimum absolute atomic E-state index is 0.157. The summed E-state index contributed by atoms with van der Waals surface area (Å²) in [4.78, 5) is 32.0. The number of allylic oxidation sites excluding steroid dienone is 1. The smallest absolute Gasteiger partial charge is 0.260 e. The van der Waals surface area contributed by atoms with Gasteiger partial charge in [-0.2, -0.15) is 4.98 Å². The summed E-state index contributed by atoms with van der Waals surface area (Å²) in [5, 5.41) is 8.01. The van der Waals surface area contributed by atoms with Crippen molar-refractivity contribution in [2.24, 2.45) is 11.8 Å². The first-order valence-corrected chi connectivity index (χ1v) is 11.1. The number of aromatic nitrogens is 3. The van der Waals surface area contributed by atoms with Gasteiger partial charge < -0.3 is 5.32 Å². The Labute approximate surface area is 185 Å². The van der Waals surface area contributed by atoms with Crippen molar-refractivity contribution in [3.8, 4) is 0 Å². The average Bonchev–Trinajstić information content (AvgIpc) is 3.38. The van der Waals surface area contributed by atoms with Crippen molar-refractivity contribution in [2.45, 2.75) is 31.7 Å². The van der Waals surface area contributed by atoms with Crippen LogP contribution in [0.25, 0.3) is 5.70 Å². The van der Waals surface area contributed by atoms with Crippen LogP contribution in [-0.4, -0.2) is 26.6 Å². The quantitative estimate of drug-likeness (QED) is 0.642. The van der Waals surface area contributed by atoms with Crippen molar-refractivity contribution >= 4 is 29.4 Å². The highest BCUT2D eigenvalue weighted by molar-refractivity contribution is 6.21. The lowest BCUT2D eigenvalue weighted by Gasteiger charge is -2.24.